The van der Waals surface area contributed by atoms with Gasteiger partial charge in [-0.1, -0.05) is 142 Å². The second kappa shape index (κ2) is 18.3. The molecule has 5 rings (SSSR count). The van der Waals surface area contributed by atoms with E-state index in [1.54, 1.807) is 11.5 Å². The van der Waals surface area contributed by atoms with Crippen LogP contribution in [-0.2, 0) is 31.3 Å². The minimum atomic E-state index is -1.61. The van der Waals surface area contributed by atoms with Gasteiger partial charge in [-0.05, 0) is 49.1 Å². The van der Waals surface area contributed by atoms with Crippen molar-refractivity contribution in [2.24, 2.45) is 16.2 Å². The summed E-state index contributed by atoms with van der Waals surface area (Å²) < 4.78 is 2.47. The van der Waals surface area contributed by atoms with Gasteiger partial charge in [0.15, 0.2) is 5.78 Å². The van der Waals surface area contributed by atoms with Gasteiger partial charge >= 0.3 is 0 Å². The Kier molecular flexibility index (Phi) is 15.4. The van der Waals surface area contributed by atoms with Crippen molar-refractivity contribution in [3.63, 3.8) is 0 Å². The van der Waals surface area contributed by atoms with Crippen molar-refractivity contribution < 1.29 is 30.0 Å². The number of hydrogen-bond donors (Lipinski definition) is 1. The van der Waals surface area contributed by atoms with Crippen molar-refractivity contribution in [3.8, 4) is 11.3 Å². The van der Waals surface area contributed by atoms with Crippen LogP contribution < -0.4 is 5.19 Å². The number of benzene rings is 3. The molecule has 7 heteroatoms. The Morgan fingerprint density at radius 3 is 1.98 bits per heavy atom. The average molecular weight is 928 g/mol. The van der Waals surface area contributed by atoms with Crippen molar-refractivity contribution in [2.75, 3.05) is 0 Å². The zero-order chi connectivity index (χ0) is 38.5. The van der Waals surface area contributed by atoms with Gasteiger partial charge in [0, 0.05) is 57.5 Å². The Hall–Kier alpha value is -2.70. The van der Waals surface area contributed by atoms with Crippen LogP contribution in [0.3, 0.4) is 0 Å². The first-order chi connectivity index (χ1) is 24.6. The largest absolute Gasteiger partial charge is 0.512 e. The molecule has 0 saturated carbocycles. The molecular weight excluding hydrogens is 865 g/mol. The molecule has 2 aromatic heterocycles. The molecule has 0 fully saturated rings. The van der Waals surface area contributed by atoms with E-state index in [0.29, 0.717) is 0 Å². The van der Waals surface area contributed by atoms with Crippen LogP contribution in [0, 0.1) is 22.3 Å². The minimum absolute atomic E-state index is 0. The zero-order valence-corrected chi connectivity index (χ0v) is 38.6. The molecule has 53 heavy (non-hydrogen) atoms. The average Bonchev–Trinajstić information content (AvgIpc) is 3.52. The first kappa shape index (κ1) is 44.7. The number of rotatable bonds is 13. The van der Waals surface area contributed by atoms with E-state index in [0.717, 1.165) is 48.9 Å². The van der Waals surface area contributed by atoms with Gasteiger partial charge < -0.3 is 5.11 Å². The van der Waals surface area contributed by atoms with Crippen LogP contribution in [0.25, 0.3) is 42.3 Å². The van der Waals surface area contributed by atoms with E-state index >= 15 is 0 Å². The quantitative estimate of drug-likeness (QED) is 0.0553. The maximum absolute atomic E-state index is 12.2. The fraction of sp³-hybridized carbons (Fsp3) is 0.500. The molecule has 3 aromatic carbocycles. The van der Waals surface area contributed by atoms with Crippen LogP contribution in [0.15, 0.2) is 66.7 Å². The van der Waals surface area contributed by atoms with E-state index < -0.39 is 8.07 Å². The summed E-state index contributed by atoms with van der Waals surface area (Å²) in [6.45, 7) is 26.1. The molecule has 0 unspecified atom stereocenters. The maximum atomic E-state index is 12.2. The molecule has 0 aliphatic rings. The summed E-state index contributed by atoms with van der Waals surface area (Å²) in [6.07, 6.45) is 7.55. The topological polar surface area (TPSA) is 63.1 Å². The zero-order valence-electron chi connectivity index (χ0n) is 34.4. The normalized spacial score (nSPS) is 12.9. The Morgan fingerprint density at radius 1 is 0.811 bits per heavy atom. The molecule has 4 nitrogen and oxygen atoms in total. The number of aliphatic hydroxyl groups excluding tert-OH is 1. The van der Waals surface area contributed by atoms with E-state index in [2.05, 4.69) is 96.1 Å². The number of aliphatic hydroxyl groups is 1. The third kappa shape index (κ3) is 9.58. The molecule has 0 atom stereocenters. The van der Waals surface area contributed by atoms with E-state index in [1.807, 2.05) is 52.9 Å². The molecule has 1 N–H and O–H groups in total. The summed E-state index contributed by atoms with van der Waals surface area (Å²) in [5.74, 6) is 0.286. The number of thiophene rings is 1. The first-order valence-corrected chi connectivity index (χ1v) is 23.1. The molecular formula is C46H63IrN2O2SSi-. The van der Waals surface area contributed by atoms with Crippen molar-refractivity contribution in [3.05, 3.63) is 78.3 Å². The summed E-state index contributed by atoms with van der Waals surface area (Å²) in [7, 11) is -1.61. The van der Waals surface area contributed by atoms with Gasteiger partial charge in [0.1, 0.15) is 12.1 Å². The molecule has 2 heterocycles. The van der Waals surface area contributed by atoms with E-state index in [-0.39, 0.29) is 47.9 Å². The minimum Gasteiger partial charge on any atom is -0.512 e. The van der Waals surface area contributed by atoms with Crippen LogP contribution in [0.1, 0.15) is 114 Å². The molecule has 0 bridgehead atoms. The fourth-order valence-electron chi connectivity index (χ4n) is 7.33. The number of ketones is 1. The summed E-state index contributed by atoms with van der Waals surface area (Å²) >= 11 is 1.83. The van der Waals surface area contributed by atoms with Crippen molar-refractivity contribution >= 4 is 61.5 Å². The maximum Gasteiger partial charge on any atom is 0.164 e. The summed E-state index contributed by atoms with van der Waals surface area (Å²) in [6, 6.07) is 25.6. The van der Waals surface area contributed by atoms with Gasteiger partial charge in [-0.15, -0.1) is 40.1 Å². The Morgan fingerprint density at radius 2 is 1.42 bits per heavy atom. The number of fused-ring (bicyclic) bond motifs is 4. The Labute approximate surface area is 338 Å². The summed E-state index contributed by atoms with van der Waals surface area (Å²) in [5.41, 5.74) is 4.24. The van der Waals surface area contributed by atoms with Crippen LogP contribution in [0.4, 0.5) is 0 Å². The van der Waals surface area contributed by atoms with E-state index in [4.69, 9.17) is 9.97 Å². The van der Waals surface area contributed by atoms with Gasteiger partial charge in [0.2, 0.25) is 0 Å². The number of hydrogen-bond acceptors (Lipinski definition) is 5. The monoisotopic (exact) mass is 928 g/mol. The predicted molar refractivity (Wildman–Crippen MR) is 230 cm³/mol. The predicted octanol–water partition coefficient (Wildman–Crippen LogP) is 13.4. The van der Waals surface area contributed by atoms with Crippen LogP contribution >= 0.6 is 11.3 Å². The third-order valence-electron chi connectivity index (χ3n) is 12.3. The third-order valence-corrected chi connectivity index (χ3v) is 19.1. The van der Waals surface area contributed by atoms with Gasteiger partial charge in [-0.25, -0.2) is 4.98 Å². The molecule has 0 saturated heterocycles. The van der Waals surface area contributed by atoms with Gasteiger partial charge in [-0.3, -0.25) is 9.78 Å². The Bertz CT molecular complexity index is 2020. The van der Waals surface area contributed by atoms with Gasteiger partial charge in [-0.2, -0.15) is 0 Å². The molecule has 5 aromatic rings. The molecule has 289 valence electrons. The fourth-order valence-corrected chi connectivity index (χ4v) is 12.4. The molecule has 1 radical (unpaired) electrons. The van der Waals surface area contributed by atoms with E-state index in [1.165, 1.54) is 55.3 Å². The number of aromatic nitrogens is 2. The van der Waals surface area contributed by atoms with Gasteiger partial charge in [0.25, 0.3) is 0 Å². The van der Waals surface area contributed by atoms with E-state index in [9.17, 15) is 9.90 Å². The number of carbonyl (C=O) groups excluding carboxylic acids is 1. The SMILES string of the molecule is CCC(C)(CC)C(=O)/C=C(\O)C(C)(CC)CC.CC[Si](CC)(CC)c1cc(-c2ncnc3c2sc2cc(CC(C)(C)C)ccc23)[c-]c2ccccc12.[Ir]. The number of carbonyl (C=O) groups is 1. The molecule has 0 aliphatic carbocycles. The van der Waals surface area contributed by atoms with Crippen LogP contribution in [0.2, 0.25) is 18.1 Å². The summed E-state index contributed by atoms with van der Waals surface area (Å²) in [4.78, 5) is 21.8. The first-order valence-electron chi connectivity index (χ1n) is 19.7. The van der Waals surface area contributed by atoms with Gasteiger partial charge in [0.05, 0.1) is 13.6 Å². The molecule has 0 amide bonds. The number of nitrogens with zero attached hydrogens (tertiary/aromatic N) is 2. The van der Waals surface area contributed by atoms with Crippen molar-refractivity contribution in [1.82, 2.24) is 9.97 Å². The second-order valence-electron chi connectivity index (χ2n) is 16.5. The van der Waals surface area contributed by atoms with Crippen LogP contribution in [0.5, 0.6) is 0 Å². The molecule has 0 aliphatic heterocycles. The second-order valence-corrected chi connectivity index (χ2v) is 22.8. The Balaban J connectivity index is 0.000000359. The standard InChI is InChI=1S/C31H35N2SSi.C15H28O2.Ir/c1-7-35(8-2,9-3)27-18-23(17-22-12-10-11-13-24(22)27)28-30-29(33-20-32-28)25-15-14-21(16-26(25)34-30)19-31(4,5)6;1-7-14(5,8-2)12(16)11-13(17)15(6,9-3)10-4;/h10-16,18,20H,7-9,19H2,1-6H3;11,16H,7-10H2,1-6H3;/q-1;;/b;12-11-;. The smallest absolute Gasteiger partial charge is 0.164 e. The van der Waals surface area contributed by atoms with Crippen molar-refractivity contribution in [2.45, 2.75) is 133 Å². The van der Waals surface area contributed by atoms with Crippen molar-refractivity contribution in [1.29, 1.82) is 0 Å². The summed E-state index contributed by atoms with van der Waals surface area (Å²) in [5, 5.41) is 15.5. The molecule has 0 spiro atoms. The van der Waals surface area contributed by atoms with Crippen LogP contribution in [-0.4, -0.2) is 28.9 Å². The number of allylic oxidation sites excluding steroid dienone is 2.